The fraction of sp³-hybridized carbons (Fsp3) is 0.636. The Morgan fingerprint density at radius 3 is 2.88 bits per heavy atom. The van der Waals surface area contributed by atoms with E-state index in [-0.39, 0.29) is 5.91 Å². The first kappa shape index (κ1) is 12.7. The lowest BCUT2D eigenvalue weighted by Crippen LogP contribution is -2.29. The van der Waals surface area contributed by atoms with E-state index in [0.717, 1.165) is 13.0 Å². The molecule has 0 aliphatic rings. The minimum absolute atomic E-state index is 0.0999. The summed E-state index contributed by atoms with van der Waals surface area (Å²) in [6.07, 6.45) is 1.07. The molecule has 1 amide bonds. The number of hydrogen-bond acceptors (Lipinski definition) is 4. The first-order valence-electron chi connectivity index (χ1n) is 5.52. The van der Waals surface area contributed by atoms with Crippen molar-refractivity contribution >= 4 is 11.7 Å². The van der Waals surface area contributed by atoms with Crippen LogP contribution in [-0.4, -0.2) is 24.2 Å². The molecule has 0 saturated heterocycles. The zero-order valence-corrected chi connectivity index (χ0v) is 10.0. The lowest BCUT2D eigenvalue weighted by molar-refractivity contribution is -0.115. The summed E-state index contributed by atoms with van der Waals surface area (Å²) in [6.45, 7) is 7.24. The number of nitrogens with zero attached hydrogens (tertiary/aromatic N) is 1. The van der Waals surface area contributed by atoms with Crippen molar-refractivity contribution in [3.05, 3.63) is 11.8 Å². The number of carbonyl (C=O) groups is 1. The maximum absolute atomic E-state index is 11.4. The molecule has 0 aliphatic heterocycles. The predicted octanol–water partition coefficient (Wildman–Crippen LogP) is 1.56. The SMILES string of the molecule is Cc1cc(NC(=O)CNCCC(C)C)no1. The van der Waals surface area contributed by atoms with Crippen LogP contribution in [0.5, 0.6) is 0 Å². The Bertz CT molecular complexity index is 334. The molecule has 5 heteroatoms. The first-order valence-corrected chi connectivity index (χ1v) is 5.52. The minimum Gasteiger partial charge on any atom is -0.360 e. The number of nitrogens with one attached hydrogen (secondary N) is 2. The minimum atomic E-state index is -0.0999. The predicted molar refractivity (Wildman–Crippen MR) is 62.2 cm³/mol. The van der Waals surface area contributed by atoms with Crippen LogP contribution in [0.4, 0.5) is 5.82 Å². The molecule has 0 spiro atoms. The highest BCUT2D eigenvalue weighted by Crippen LogP contribution is 2.06. The van der Waals surface area contributed by atoms with Gasteiger partial charge in [-0.3, -0.25) is 4.79 Å². The van der Waals surface area contributed by atoms with E-state index in [4.69, 9.17) is 4.52 Å². The Morgan fingerprint density at radius 1 is 1.56 bits per heavy atom. The normalized spacial score (nSPS) is 10.8. The van der Waals surface area contributed by atoms with Crippen LogP contribution in [0.25, 0.3) is 0 Å². The third-order valence-corrected chi connectivity index (χ3v) is 2.08. The first-order chi connectivity index (χ1) is 7.58. The van der Waals surface area contributed by atoms with Gasteiger partial charge < -0.3 is 15.2 Å². The van der Waals surface area contributed by atoms with Gasteiger partial charge in [0.05, 0.1) is 6.54 Å². The van der Waals surface area contributed by atoms with Crippen LogP contribution in [0.3, 0.4) is 0 Å². The fourth-order valence-corrected chi connectivity index (χ4v) is 1.21. The molecule has 16 heavy (non-hydrogen) atoms. The van der Waals surface area contributed by atoms with Gasteiger partial charge in [-0.15, -0.1) is 0 Å². The number of anilines is 1. The molecular weight excluding hydrogens is 206 g/mol. The van der Waals surface area contributed by atoms with Crippen molar-refractivity contribution in [3.8, 4) is 0 Å². The molecule has 0 aromatic carbocycles. The van der Waals surface area contributed by atoms with Crippen molar-refractivity contribution in [3.63, 3.8) is 0 Å². The summed E-state index contributed by atoms with van der Waals surface area (Å²) < 4.78 is 4.84. The maximum atomic E-state index is 11.4. The summed E-state index contributed by atoms with van der Waals surface area (Å²) in [5, 5.41) is 9.40. The molecule has 5 nitrogen and oxygen atoms in total. The van der Waals surface area contributed by atoms with Crippen molar-refractivity contribution in [2.24, 2.45) is 5.92 Å². The van der Waals surface area contributed by atoms with Crippen LogP contribution in [0.1, 0.15) is 26.0 Å². The highest BCUT2D eigenvalue weighted by molar-refractivity contribution is 5.91. The van der Waals surface area contributed by atoms with E-state index in [2.05, 4.69) is 29.6 Å². The Morgan fingerprint density at radius 2 is 2.31 bits per heavy atom. The lowest BCUT2D eigenvalue weighted by atomic mass is 10.1. The molecule has 0 bridgehead atoms. The van der Waals surface area contributed by atoms with Gasteiger partial charge in [0.1, 0.15) is 5.76 Å². The van der Waals surface area contributed by atoms with Gasteiger partial charge >= 0.3 is 0 Å². The average Bonchev–Trinajstić information content (AvgIpc) is 2.58. The van der Waals surface area contributed by atoms with Crippen molar-refractivity contribution in [2.75, 3.05) is 18.4 Å². The van der Waals surface area contributed by atoms with E-state index >= 15 is 0 Å². The second kappa shape index (κ2) is 6.27. The Kier molecular flexibility index (Phi) is 4.98. The Hall–Kier alpha value is -1.36. The second-order valence-electron chi connectivity index (χ2n) is 4.23. The van der Waals surface area contributed by atoms with Crippen molar-refractivity contribution in [1.82, 2.24) is 10.5 Å². The smallest absolute Gasteiger partial charge is 0.239 e. The number of aryl methyl sites for hydroxylation is 1. The number of hydrogen-bond donors (Lipinski definition) is 2. The van der Waals surface area contributed by atoms with Crippen LogP contribution >= 0.6 is 0 Å². The summed E-state index contributed by atoms with van der Waals surface area (Å²) in [5.41, 5.74) is 0. The largest absolute Gasteiger partial charge is 0.360 e. The Labute approximate surface area is 95.6 Å². The lowest BCUT2D eigenvalue weighted by Gasteiger charge is -2.06. The van der Waals surface area contributed by atoms with E-state index in [9.17, 15) is 4.79 Å². The van der Waals surface area contributed by atoms with Gasteiger partial charge in [0.15, 0.2) is 5.82 Å². The summed E-state index contributed by atoms with van der Waals surface area (Å²) in [5.74, 6) is 1.70. The quantitative estimate of drug-likeness (QED) is 0.721. The third-order valence-electron chi connectivity index (χ3n) is 2.08. The molecule has 1 aromatic heterocycles. The summed E-state index contributed by atoms with van der Waals surface area (Å²) in [7, 11) is 0. The van der Waals surface area contributed by atoms with E-state index in [1.807, 2.05) is 0 Å². The topological polar surface area (TPSA) is 67.2 Å². The van der Waals surface area contributed by atoms with E-state index in [1.54, 1.807) is 13.0 Å². The zero-order valence-electron chi connectivity index (χ0n) is 10.0. The van der Waals surface area contributed by atoms with Gasteiger partial charge in [0, 0.05) is 6.07 Å². The number of carbonyl (C=O) groups excluding carboxylic acids is 1. The van der Waals surface area contributed by atoms with E-state index < -0.39 is 0 Å². The molecular formula is C11H19N3O2. The van der Waals surface area contributed by atoms with Crippen LogP contribution in [0.15, 0.2) is 10.6 Å². The molecule has 0 atom stereocenters. The van der Waals surface area contributed by atoms with Gasteiger partial charge in [-0.1, -0.05) is 19.0 Å². The fourth-order valence-electron chi connectivity index (χ4n) is 1.21. The summed E-state index contributed by atoms with van der Waals surface area (Å²) >= 11 is 0. The van der Waals surface area contributed by atoms with Crippen LogP contribution in [0, 0.1) is 12.8 Å². The highest BCUT2D eigenvalue weighted by atomic mass is 16.5. The summed E-state index contributed by atoms with van der Waals surface area (Å²) in [6, 6.07) is 1.69. The maximum Gasteiger partial charge on any atom is 0.239 e. The summed E-state index contributed by atoms with van der Waals surface area (Å²) in [4.78, 5) is 11.4. The molecule has 1 rings (SSSR count). The van der Waals surface area contributed by atoms with Gasteiger partial charge in [-0.25, -0.2) is 0 Å². The third kappa shape index (κ3) is 4.93. The van der Waals surface area contributed by atoms with Gasteiger partial charge in [-0.2, -0.15) is 0 Å². The van der Waals surface area contributed by atoms with Gasteiger partial charge in [0.2, 0.25) is 5.91 Å². The molecule has 1 heterocycles. The highest BCUT2D eigenvalue weighted by Gasteiger charge is 2.05. The molecule has 0 aliphatic carbocycles. The van der Waals surface area contributed by atoms with Crippen molar-refractivity contribution in [1.29, 1.82) is 0 Å². The van der Waals surface area contributed by atoms with Crippen LogP contribution in [0.2, 0.25) is 0 Å². The van der Waals surface area contributed by atoms with Crippen LogP contribution < -0.4 is 10.6 Å². The van der Waals surface area contributed by atoms with E-state index in [1.165, 1.54) is 0 Å². The molecule has 1 aromatic rings. The molecule has 90 valence electrons. The standard InChI is InChI=1S/C11H19N3O2/c1-8(2)4-5-12-7-11(15)13-10-6-9(3)16-14-10/h6,8,12H,4-5,7H2,1-3H3,(H,13,14,15). The van der Waals surface area contributed by atoms with Crippen molar-refractivity contribution in [2.45, 2.75) is 27.2 Å². The van der Waals surface area contributed by atoms with Crippen molar-refractivity contribution < 1.29 is 9.32 Å². The second-order valence-corrected chi connectivity index (χ2v) is 4.23. The van der Waals surface area contributed by atoms with Gasteiger partial charge in [-0.05, 0) is 25.8 Å². The molecule has 0 unspecified atom stereocenters. The molecule has 0 saturated carbocycles. The molecule has 0 radical (unpaired) electrons. The Balaban J connectivity index is 2.16. The number of rotatable bonds is 6. The molecule has 2 N–H and O–H groups in total. The van der Waals surface area contributed by atoms with Crippen LogP contribution in [-0.2, 0) is 4.79 Å². The number of aromatic nitrogens is 1. The monoisotopic (exact) mass is 225 g/mol. The average molecular weight is 225 g/mol. The van der Waals surface area contributed by atoms with Gasteiger partial charge in [0.25, 0.3) is 0 Å². The number of amides is 1. The molecule has 0 fully saturated rings. The van der Waals surface area contributed by atoms with E-state index in [0.29, 0.717) is 24.0 Å². The zero-order chi connectivity index (χ0) is 12.0.